The highest BCUT2D eigenvalue weighted by Gasteiger charge is 2.12. The van der Waals surface area contributed by atoms with Gasteiger partial charge in [0, 0.05) is 18.1 Å². The predicted molar refractivity (Wildman–Crippen MR) is 78.2 cm³/mol. The Bertz CT molecular complexity index is 583. The Kier molecular flexibility index (Phi) is 7.32. The Balaban J connectivity index is 0.000000220. The Labute approximate surface area is 139 Å². The maximum atomic E-state index is 12.0. The minimum Gasteiger partial charge on any atom is -0.261 e. The maximum absolute atomic E-state index is 12.0. The molecule has 0 spiro atoms. The van der Waals surface area contributed by atoms with E-state index in [2.05, 4.69) is 9.97 Å². The normalized spacial score (nSPS) is 10.6. The molecule has 0 aliphatic carbocycles. The third-order valence-corrected chi connectivity index (χ3v) is 3.20. The molecule has 0 saturated carbocycles. The fourth-order valence-corrected chi connectivity index (χ4v) is 2.01. The average molecular weight is 376 g/mol. The Morgan fingerprint density at radius 1 is 0.818 bits per heavy atom. The first-order valence-electron chi connectivity index (χ1n) is 5.71. The van der Waals surface area contributed by atoms with Gasteiger partial charge in [-0.1, -0.05) is 34.8 Å². The molecular weight excluding hydrogens is 367 g/mol. The van der Waals surface area contributed by atoms with E-state index in [0.717, 1.165) is 12.4 Å². The molecule has 0 radical (unpaired) electrons. The van der Waals surface area contributed by atoms with E-state index < -0.39 is 12.9 Å². The summed E-state index contributed by atoms with van der Waals surface area (Å²) in [4.78, 5) is 7.16. The molecule has 9 heteroatoms. The molecule has 0 N–H and O–H groups in total. The monoisotopic (exact) mass is 374 g/mol. The van der Waals surface area contributed by atoms with Crippen molar-refractivity contribution >= 4 is 34.8 Å². The van der Waals surface area contributed by atoms with Gasteiger partial charge in [-0.05, 0) is 19.1 Å². The molecule has 0 unspecified atom stereocenters. The van der Waals surface area contributed by atoms with Crippen LogP contribution in [0.3, 0.4) is 0 Å². The lowest BCUT2D eigenvalue weighted by atomic mass is 10.2. The molecule has 22 heavy (non-hydrogen) atoms. The highest BCUT2D eigenvalue weighted by Crippen LogP contribution is 2.27. The van der Waals surface area contributed by atoms with Gasteiger partial charge in [0.15, 0.2) is 0 Å². The van der Waals surface area contributed by atoms with Gasteiger partial charge < -0.3 is 0 Å². The van der Waals surface area contributed by atoms with Crippen LogP contribution in [0.5, 0.6) is 0 Å². The van der Waals surface area contributed by atoms with E-state index in [0.29, 0.717) is 5.69 Å². The fourth-order valence-electron chi connectivity index (χ4n) is 1.28. The van der Waals surface area contributed by atoms with Crippen molar-refractivity contribution in [3.05, 3.63) is 56.5 Å². The van der Waals surface area contributed by atoms with Crippen molar-refractivity contribution in [3.8, 4) is 0 Å². The fraction of sp³-hybridized carbons (Fsp3) is 0.231. The lowest BCUT2D eigenvalue weighted by Crippen LogP contribution is -1.89. The number of halogens is 7. The molecule has 0 aliphatic rings. The SMILES string of the molecule is Cc1cc(Cl)c(C(F)F)cn1.FC(F)c1cnc(Cl)cc1Cl. The number of hydrogen-bond donors (Lipinski definition) is 0. The summed E-state index contributed by atoms with van der Waals surface area (Å²) in [6.07, 6.45) is -3.08. The summed E-state index contributed by atoms with van der Waals surface area (Å²) in [6, 6.07) is 2.60. The summed E-state index contributed by atoms with van der Waals surface area (Å²) < 4.78 is 48.1. The standard InChI is InChI=1S/C7H6ClF2N.C6H3Cl2F2N/c1-4-2-6(8)5(3-11-4)7(9)10;7-4-1-5(8)11-2-3(4)6(9)10/h2-3,7H,1H3;1-2,6H. The number of aromatic nitrogens is 2. The van der Waals surface area contributed by atoms with Gasteiger partial charge in [0.1, 0.15) is 5.15 Å². The van der Waals surface area contributed by atoms with Gasteiger partial charge in [0.05, 0.1) is 21.2 Å². The zero-order chi connectivity index (χ0) is 16.9. The van der Waals surface area contributed by atoms with E-state index in [1.807, 2.05) is 0 Å². The van der Waals surface area contributed by atoms with Crippen molar-refractivity contribution in [3.63, 3.8) is 0 Å². The minimum atomic E-state index is -2.60. The van der Waals surface area contributed by atoms with E-state index in [4.69, 9.17) is 34.8 Å². The minimum absolute atomic E-state index is 0.0556. The van der Waals surface area contributed by atoms with Crippen LogP contribution in [0.15, 0.2) is 24.5 Å². The summed E-state index contributed by atoms with van der Waals surface area (Å²) >= 11 is 16.3. The van der Waals surface area contributed by atoms with E-state index in [-0.39, 0.29) is 26.3 Å². The first kappa shape index (κ1) is 18.9. The second kappa shape index (κ2) is 8.50. The van der Waals surface area contributed by atoms with E-state index in [1.165, 1.54) is 12.1 Å². The summed E-state index contributed by atoms with van der Waals surface area (Å²) in [5, 5.41) is 0.131. The third-order valence-electron chi connectivity index (χ3n) is 2.34. The molecule has 0 aromatic carbocycles. The highest BCUT2D eigenvalue weighted by atomic mass is 35.5. The number of alkyl halides is 4. The van der Waals surface area contributed by atoms with Crippen LogP contribution in [0.4, 0.5) is 17.6 Å². The molecule has 2 aromatic rings. The molecule has 0 fully saturated rings. The molecule has 120 valence electrons. The molecule has 2 aromatic heterocycles. The molecular formula is C13H9Cl3F4N2. The van der Waals surface area contributed by atoms with Crippen molar-refractivity contribution in [2.45, 2.75) is 19.8 Å². The molecule has 2 heterocycles. The van der Waals surface area contributed by atoms with E-state index >= 15 is 0 Å². The largest absolute Gasteiger partial charge is 0.266 e. The van der Waals surface area contributed by atoms with Crippen molar-refractivity contribution in [2.75, 3.05) is 0 Å². The smallest absolute Gasteiger partial charge is 0.261 e. The number of hydrogen-bond acceptors (Lipinski definition) is 2. The van der Waals surface area contributed by atoms with Crippen LogP contribution in [0.25, 0.3) is 0 Å². The molecule has 0 bridgehead atoms. The van der Waals surface area contributed by atoms with Crippen molar-refractivity contribution < 1.29 is 17.6 Å². The lowest BCUT2D eigenvalue weighted by Gasteiger charge is -2.01. The summed E-state index contributed by atoms with van der Waals surface area (Å²) in [5.74, 6) is 0. The van der Waals surface area contributed by atoms with Gasteiger partial charge in [0.2, 0.25) is 0 Å². The molecule has 0 saturated heterocycles. The van der Waals surface area contributed by atoms with Crippen LogP contribution in [-0.2, 0) is 0 Å². The van der Waals surface area contributed by atoms with Crippen LogP contribution in [0.1, 0.15) is 29.7 Å². The van der Waals surface area contributed by atoms with Gasteiger partial charge in [-0.15, -0.1) is 0 Å². The number of nitrogens with zero attached hydrogens (tertiary/aromatic N) is 2. The number of aryl methyl sites for hydroxylation is 1. The van der Waals surface area contributed by atoms with Crippen LogP contribution in [-0.4, -0.2) is 9.97 Å². The summed E-state index contributed by atoms with van der Waals surface area (Å²) in [6.45, 7) is 1.70. The Hall–Kier alpha value is -1.11. The van der Waals surface area contributed by atoms with Crippen LogP contribution in [0.2, 0.25) is 15.2 Å². The summed E-state index contributed by atoms with van der Waals surface area (Å²) in [5.41, 5.74) is 0.132. The van der Waals surface area contributed by atoms with Crippen molar-refractivity contribution in [2.24, 2.45) is 0 Å². The molecule has 2 rings (SSSR count). The first-order chi connectivity index (χ1) is 10.2. The van der Waals surface area contributed by atoms with Crippen LogP contribution < -0.4 is 0 Å². The van der Waals surface area contributed by atoms with Crippen LogP contribution in [0, 0.1) is 6.92 Å². The Morgan fingerprint density at radius 2 is 1.27 bits per heavy atom. The number of pyridine rings is 2. The summed E-state index contributed by atoms with van der Waals surface area (Å²) in [7, 11) is 0. The van der Waals surface area contributed by atoms with E-state index in [9.17, 15) is 17.6 Å². The van der Waals surface area contributed by atoms with Gasteiger partial charge in [-0.3, -0.25) is 4.98 Å². The van der Waals surface area contributed by atoms with Crippen LogP contribution >= 0.6 is 34.8 Å². The van der Waals surface area contributed by atoms with Crippen molar-refractivity contribution in [1.82, 2.24) is 9.97 Å². The molecule has 0 aliphatic heterocycles. The van der Waals surface area contributed by atoms with Gasteiger partial charge >= 0.3 is 0 Å². The van der Waals surface area contributed by atoms with Gasteiger partial charge in [-0.25, -0.2) is 22.5 Å². The van der Waals surface area contributed by atoms with E-state index in [1.54, 1.807) is 6.92 Å². The number of rotatable bonds is 2. The molecule has 0 amide bonds. The highest BCUT2D eigenvalue weighted by molar-refractivity contribution is 6.34. The lowest BCUT2D eigenvalue weighted by molar-refractivity contribution is 0.150. The predicted octanol–water partition coefficient (Wildman–Crippen LogP) is 6.31. The van der Waals surface area contributed by atoms with Gasteiger partial charge in [0.25, 0.3) is 12.9 Å². The second-order valence-corrected chi connectivity index (χ2v) is 5.18. The third kappa shape index (κ3) is 5.59. The quantitative estimate of drug-likeness (QED) is 0.454. The first-order valence-corrected chi connectivity index (χ1v) is 6.85. The molecule has 2 nitrogen and oxygen atoms in total. The van der Waals surface area contributed by atoms with Gasteiger partial charge in [-0.2, -0.15) is 0 Å². The maximum Gasteiger partial charge on any atom is 0.266 e. The zero-order valence-corrected chi connectivity index (χ0v) is 13.3. The van der Waals surface area contributed by atoms with Crippen molar-refractivity contribution in [1.29, 1.82) is 0 Å². The topological polar surface area (TPSA) is 25.8 Å². The molecule has 0 atom stereocenters. The zero-order valence-electron chi connectivity index (χ0n) is 11.0. The second-order valence-electron chi connectivity index (χ2n) is 3.98. The Morgan fingerprint density at radius 3 is 1.68 bits per heavy atom. The average Bonchev–Trinajstić information content (AvgIpc) is 2.38.